The number of nitrogens with zero attached hydrogens (tertiary/aromatic N) is 3. The third-order valence-electron chi connectivity index (χ3n) is 3.01. The molecular weight excluding hydrogens is 374 g/mol. The fraction of sp³-hybridized carbons (Fsp3) is 0.471. The zero-order valence-electron chi connectivity index (χ0n) is 15.3. The Morgan fingerprint density at radius 2 is 2.00 bits per heavy atom. The van der Waals surface area contributed by atoms with Gasteiger partial charge in [-0.05, 0) is 18.7 Å². The van der Waals surface area contributed by atoms with Crippen molar-refractivity contribution in [3.8, 4) is 0 Å². The molecule has 0 heterocycles. The number of ether oxygens (including phenoxy) is 1. The molecule has 0 atom stereocenters. The summed E-state index contributed by atoms with van der Waals surface area (Å²) in [6.07, 6.45) is 3.12. The molecule has 1 amide bonds. The summed E-state index contributed by atoms with van der Waals surface area (Å²) < 4.78 is 8.21. The highest BCUT2D eigenvalue weighted by molar-refractivity contribution is 7.99. The number of carbonyl (C=O) groups is 2. The Morgan fingerprint density at radius 3 is 2.65 bits per heavy atom. The summed E-state index contributed by atoms with van der Waals surface area (Å²) in [5.74, 6) is 0.405. The first-order chi connectivity index (χ1) is 12.6. The Balaban J connectivity index is 2.61. The van der Waals surface area contributed by atoms with E-state index in [9.17, 15) is 9.59 Å². The minimum atomic E-state index is -0.582. The number of oxime groups is 1. The lowest BCUT2D eigenvalue weighted by Crippen LogP contribution is -2.28. The first kappa shape index (κ1) is 22.3. The summed E-state index contributed by atoms with van der Waals surface area (Å²) in [6.45, 7) is 3.13. The van der Waals surface area contributed by atoms with Gasteiger partial charge in [-0.1, -0.05) is 35.5 Å². The van der Waals surface area contributed by atoms with Crippen molar-refractivity contribution in [2.45, 2.75) is 19.9 Å². The van der Waals surface area contributed by atoms with Crippen LogP contribution in [0.25, 0.3) is 0 Å². The van der Waals surface area contributed by atoms with Gasteiger partial charge < -0.3 is 4.74 Å². The predicted molar refractivity (Wildman–Crippen MR) is 107 cm³/mol. The van der Waals surface area contributed by atoms with Gasteiger partial charge in [-0.25, -0.2) is 13.4 Å². The van der Waals surface area contributed by atoms with Crippen LogP contribution in [0.1, 0.15) is 18.9 Å². The van der Waals surface area contributed by atoms with E-state index >= 15 is 0 Å². The second-order valence-corrected chi connectivity index (χ2v) is 7.22. The van der Waals surface area contributed by atoms with Gasteiger partial charge in [-0.15, -0.1) is 0 Å². The monoisotopic (exact) mass is 399 g/mol. The second-order valence-electron chi connectivity index (χ2n) is 5.08. The summed E-state index contributed by atoms with van der Waals surface area (Å²) >= 11 is 2.75. The zero-order valence-corrected chi connectivity index (χ0v) is 16.9. The van der Waals surface area contributed by atoms with Crippen molar-refractivity contribution >= 4 is 42.2 Å². The highest BCUT2D eigenvalue weighted by Gasteiger charge is 2.18. The Labute approximate surface area is 163 Å². The highest BCUT2D eigenvalue weighted by atomic mass is 32.2. The van der Waals surface area contributed by atoms with Crippen LogP contribution in [0.5, 0.6) is 0 Å². The van der Waals surface area contributed by atoms with Crippen LogP contribution in [0.2, 0.25) is 0 Å². The Bertz CT molecular complexity index is 572. The quantitative estimate of drug-likeness (QED) is 0.186. The first-order valence-electron chi connectivity index (χ1n) is 8.14. The summed E-state index contributed by atoms with van der Waals surface area (Å²) in [7, 11) is 1.60. The van der Waals surface area contributed by atoms with Crippen molar-refractivity contribution in [2.75, 3.05) is 32.2 Å². The van der Waals surface area contributed by atoms with E-state index in [0.717, 1.165) is 5.56 Å². The van der Waals surface area contributed by atoms with E-state index in [1.165, 1.54) is 22.7 Å². The lowest BCUT2D eigenvalue weighted by molar-refractivity contribution is -0.143. The fourth-order valence-corrected chi connectivity index (χ4v) is 2.87. The van der Waals surface area contributed by atoms with Crippen molar-refractivity contribution in [3.05, 3.63) is 35.9 Å². The van der Waals surface area contributed by atoms with E-state index in [4.69, 9.17) is 9.57 Å². The molecule has 0 bridgehead atoms. The number of hydrogen-bond acceptors (Lipinski definition) is 8. The minimum absolute atomic E-state index is 0.239. The average Bonchev–Trinajstić information content (AvgIpc) is 2.64. The fourth-order valence-electron chi connectivity index (χ4n) is 1.84. The third kappa shape index (κ3) is 9.69. The topological polar surface area (TPSA) is 71.4 Å². The summed E-state index contributed by atoms with van der Waals surface area (Å²) in [6, 6.07) is 9.81. The van der Waals surface area contributed by atoms with Crippen LogP contribution in [0.15, 0.2) is 35.5 Å². The maximum absolute atomic E-state index is 12.0. The molecule has 0 aliphatic heterocycles. The van der Waals surface area contributed by atoms with Gasteiger partial charge in [0, 0.05) is 38.0 Å². The van der Waals surface area contributed by atoms with E-state index in [1.54, 1.807) is 25.7 Å². The lowest BCUT2D eigenvalue weighted by atomic mass is 10.2. The molecule has 0 N–H and O–H groups in total. The van der Waals surface area contributed by atoms with Crippen LogP contribution in [0.3, 0.4) is 0 Å². The molecule has 144 valence electrons. The molecule has 0 fully saturated rings. The number of benzene rings is 1. The molecule has 0 spiro atoms. The summed E-state index contributed by atoms with van der Waals surface area (Å²) in [5, 5.41) is 3.63. The molecular formula is C17H25N3O4S2. The molecule has 0 saturated carbocycles. The summed E-state index contributed by atoms with van der Waals surface area (Å²) in [5.41, 5.74) is 1.07. The molecule has 9 heteroatoms. The van der Waals surface area contributed by atoms with E-state index in [0.29, 0.717) is 25.4 Å². The van der Waals surface area contributed by atoms with Gasteiger partial charge in [0.1, 0.15) is 0 Å². The van der Waals surface area contributed by atoms with Crippen molar-refractivity contribution < 1.29 is 19.2 Å². The standard InChI is InChI=1S/C17H25N3O4S2/c1-4-23-16(21)10-12-20(14-15-8-6-5-7-9-15)26-19(2)17(22)24-18-11-13-25-3/h5-9,11H,4,10,12-14H2,1-3H3/b18-11-. The minimum Gasteiger partial charge on any atom is -0.466 e. The van der Waals surface area contributed by atoms with Gasteiger partial charge >= 0.3 is 12.1 Å². The SMILES string of the molecule is CCOC(=O)CCN(Cc1ccccc1)SN(C)C(=O)O/N=C\CSC. The van der Waals surface area contributed by atoms with Crippen LogP contribution < -0.4 is 0 Å². The van der Waals surface area contributed by atoms with Crippen molar-refractivity contribution in [2.24, 2.45) is 5.16 Å². The van der Waals surface area contributed by atoms with Crippen molar-refractivity contribution in [3.63, 3.8) is 0 Å². The molecule has 7 nitrogen and oxygen atoms in total. The highest BCUT2D eigenvalue weighted by Crippen LogP contribution is 2.19. The third-order valence-corrected chi connectivity index (χ3v) is 4.43. The molecule has 1 aromatic rings. The number of rotatable bonds is 11. The molecule has 0 radical (unpaired) electrons. The van der Waals surface area contributed by atoms with Crippen LogP contribution in [0.4, 0.5) is 4.79 Å². The molecule has 1 aromatic carbocycles. The smallest absolute Gasteiger partial charge is 0.446 e. The van der Waals surface area contributed by atoms with Gasteiger partial charge in [0.25, 0.3) is 0 Å². The normalized spacial score (nSPS) is 10.9. The average molecular weight is 400 g/mol. The van der Waals surface area contributed by atoms with Crippen LogP contribution in [-0.4, -0.2) is 59.1 Å². The number of esters is 1. The Hall–Kier alpha value is -1.71. The van der Waals surface area contributed by atoms with Crippen LogP contribution in [0, 0.1) is 0 Å². The van der Waals surface area contributed by atoms with Crippen LogP contribution >= 0.6 is 23.9 Å². The molecule has 26 heavy (non-hydrogen) atoms. The molecule has 0 aliphatic carbocycles. The van der Waals surface area contributed by atoms with Gasteiger partial charge in [0.15, 0.2) is 0 Å². The van der Waals surface area contributed by atoms with E-state index in [2.05, 4.69) is 5.16 Å². The Kier molecular flexibility index (Phi) is 11.6. The predicted octanol–water partition coefficient (Wildman–Crippen LogP) is 3.42. The number of hydrogen-bond donors (Lipinski definition) is 0. The van der Waals surface area contributed by atoms with E-state index in [-0.39, 0.29) is 12.4 Å². The molecule has 1 rings (SSSR count). The molecule has 0 unspecified atom stereocenters. The maximum Gasteiger partial charge on any atom is 0.446 e. The van der Waals surface area contributed by atoms with E-state index in [1.807, 2.05) is 40.9 Å². The number of amides is 1. The van der Waals surface area contributed by atoms with Gasteiger partial charge in [-0.3, -0.25) is 9.63 Å². The molecule has 0 aromatic heterocycles. The van der Waals surface area contributed by atoms with Gasteiger partial charge in [-0.2, -0.15) is 11.8 Å². The van der Waals surface area contributed by atoms with Crippen molar-refractivity contribution in [1.29, 1.82) is 0 Å². The van der Waals surface area contributed by atoms with Gasteiger partial charge in [0.05, 0.1) is 19.2 Å². The van der Waals surface area contributed by atoms with Crippen LogP contribution in [-0.2, 0) is 20.9 Å². The van der Waals surface area contributed by atoms with Gasteiger partial charge in [0.2, 0.25) is 0 Å². The summed E-state index contributed by atoms with van der Waals surface area (Å²) in [4.78, 5) is 28.4. The number of thioether (sulfide) groups is 1. The molecule has 0 saturated heterocycles. The number of carbonyl (C=O) groups excluding carboxylic acids is 2. The lowest BCUT2D eigenvalue weighted by Gasteiger charge is -2.24. The van der Waals surface area contributed by atoms with Crippen molar-refractivity contribution in [1.82, 2.24) is 8.61 Å². The first-order valence-corrected chi connectivity index (χ1v) is 10.3. The van der Waals surface area contributed by atoms with E-state index < -0.39 is 6.09 Å². The maximum atomic E-state index is 12.0. The zero-order chi connectivity index (χ0) is 19.2. The Morgan fingerprint density at radius 1 is 1.27 bits per heavy atom. The molecule has 0 aliphatic rings. The second kappa shape index (κ2) is 13.5. The largest absolute Gasteiger partial charge is 0.466 e.